The number of nitrogen functional groups attached to an aromatic ring is 1. The molecule has 4 aromatic carbocycles. The van der Waals surface area contributed by atoms with Crippen molar-refractivity contribution in [3.8, 4) is 29.1 Å². The summed E-state index contributed by atoms with van der Waals surface area (Å²) in [6, 6.07) is 10.4. The average Bonchev–Trinajstić information content (AvgIpc) is 3.05. The lowest BCUT2D eigenvalue weighted by atomic mass is 10.1. The van der Waals surface area contributed by atoms with E-state index in [1.165, 1.54) is 32.4 Å². The number of benzene rings is 4. The summed E-state index contributed by atoms with van der Waals surface area (Å²) in [5, 5.41) is 11.2. The second-order valence-electron chi connectivity index (χ2n) is 11.0. The van der Waals surface area contributed by atoms with Crippen LogP contribution in [0, 0.1) is 46.2 Å². The molecule has 1 amide bonds. The summed E-state index contributed by atoms with van der Waals surface area (Å²) in [5.74, 6) is -5.58. The summed E-state index contributed by atoms with van der Waals surface area (Å²) in [4.78, 5) is 11.9. The molecule has 0 radical (unpaired) electrons. The van der Waals surface area contributed by atoms with Crippen molar-refractivity contribution in [2.45, 2.75) is 39.6 Å². The number of nitrogens with two attached hydrogens (primary N) is 1. The van der Waals surface area contributed by atoms with Crippen LogP contribution >= 0.6 is 15.9 Å². The molecule has 0 fully saturated rings. The van der Waals surface area contributed by atoms with Gasteiger partial charge in [0.15, 0.2) is 23.3 Å². The van der Waals surface area contributed by atoms with Gasteiger partial charge in [-0.2, -0.15) is 5.26 Å². The van der Waals surface area contributed by atoms with E-state index in [9.17, 15) is 31.1 Å². The molecule has 0 aliphatic carbocycles. The number of carbonyl (C=O) groups excluding carboxylic acids is 1. The Morgan fingerprint density at radius 2 is 1.30 bits per heavy atom. The van der Waals surface area contributed by atoms with Crippen molar-refractivity contribution >= 4 is 33.4 Å². The molecule has 3 N–H and O–H groups in total. The number of ether oxygens (including phenoxy) is 5. The molecule has 4 rings (SSSR count). The quantitative estimate of drug-likeness (QED) is 0.128. The van der Waals surface area contributed by atoms with Gasteiger partial charge in [-0.3, -0.25) is 5.32 Å². The Bertz CT molecular complexity index is 1920. The summed E-state index contributed by atoms with van der Waals surface area (Å²) >= 11 is 3.13. The van der Waals surface area contributed by atoms with E-state index in [1.54, 1.807) is 26.8 Å². The van der Waals surface area contributed by atoms with Gasteiger partial charge in [0.05, 0.1) is 46.8 Å². The van der Waals surface area contributed by atoms with Crippen molar-refractivity contribution in [1.29, 1.82) is 5.26 Å². The van der Waals surface area contributed by atoms with Crippen molar-refractivity contribution in [2.75, 3.05) is 25.3 Å². The van der Waals surface area contributed by atoms with E-state index in [-0.39, 0.29) is 62.1 Å². The zero-order chi connectivity index (χ0) is 37.3. The fourth-order valence-corrected chi connectivity index (χ4v) is 4.46. The number of halogens is 7. The number of rotatable bonds is 9. The number of anilines is 2. The zero-order valence-corrected chi connectivity index (χ0v) is 28.7. The molecule has 0 aliphatic rings. The van der Waals surface area contributed by atoms with Crippen LogP contribution in [0.25, 0.3) is 0 Å². The highest BCUT2D eigenvalue weighted by Crippen LogP contribution is 2.34. The van der Waals surface area contributed by atoms with Crippen LogP contribution in [0.2, 0.25) is 0 Å². The highest BCUT2D eigenvalue weighted by molar-refractivity contribution is 9.10. The summed E-state index contributed by atoms with van der Waals surface area (Å²) in [7, 11) is 2.61. The first-order chi connectivity index (χ1) is 23.5. The number of methoxy groups -OCH3 is 2. The van der Waals surface area contributed by atoms with Gasteiger partial charge in [0.1, 0.15) is 59.5 Å². The first kappa shape index (κ1) is 39.1. The van der Waals surface area contributed by atoms with Gasteiger partial charge in [-0.1, -0.05) is 0 Å². The maximum atomic E-state index is 14.1. The molecule has 0 spiro atoms. The number of hydrogen-bond acceptors (Lipinski definition) is 8. The topological polar surface area (TPSA) is 125 Å². The Labute approximate surface area is 291 Å². The molecular weight excluding hydrogens is 740 g/mol. The van der Waals surface area contributed by atoms with E-state index in [2.05, 4.69) is 21.2 Å². The van der Waals surface area contributed by atoms with E-state index in [4.69, 9.17) is 34.7 Å². The maximum Gasteiger partial charge on any atom is 0.412 e. The molecule has 0 atom stereocenters. The molecule has 50 heavy (non-hydrogen) atoms. The van der Waals surface area contributed by atoms with Gasteiger partial charge in [-0.05, 0) is 73.1 Å². The number of hydrogen-bond donors (Lipinski definition) is 2. The minimum absolute atomic E-state index is 0.0351. The van der Waals surface area contributed by atoms with Gasteiger partial charge in [-0.25, -0.2) is 31.1 Å². The molecule has 0 saturated carbocycles. The first-order valence-electron chi connectivity index (χ1n) is 14.2. The number of nitrogens with zero attached hydrogens (tertiary/aromatic N) is 1. The molecule has 266 valence electrons. The molecule has 0 saturated heterocycles. The molecule has 0 aliphatic heterocycles. The number of nitriles is 1. The van der Waals surface area contributed by atoms with Crippen LogP contribution in [0.15, 0.2) is 53.0 Å². The van der Waals surface area contributed by atoms with E-state index >= 15 is 0 Å². The summed E-state index contributed by atoms with van der Waals surface area (Å²) < 4.78 is 108. The van der Waals surface area contributed by atoms with E-state index in [0.717, 1.165) is 30.3 Å². The summed E-state index contributed by atoms with van der Waals surface area (Å²) in [6.07, 6.45) is -0.850. The predicted molar refractivity (Wildman–Crippen MR) is 174 cm³/mol. The van der Waals surface area contributed by atoms with Crippen molar-refractivity contribution in [3.05, 3.63) is 105 Å². The van der Waals surface area contributed by atoms with Crippen molar-refractivity contribution in [2.24, 2.45) is 0 Å². The van der Waals surface area contributed by atoms with Crippen molar-refractivity contribution in [3.63, 3.8) is 0 Å². The Hall–Kier alpha value is -5.30. The molecule has 0 bridgehead atoms. The molecular formula is C34H30BrF6N3O6. The van der Waals surface area contributed by atoms with Gasteiger partial charge >= 0.3 is 6.09 Å². The van der Waals surface area contributed by atoms with Crippen LogP contribution in [0.5, 0.6) is 23.0 Å². The van der Waals surface area contributed by atoms with E-state index in [1.807, 2.05) is 0 Å². The van der Waals surface area contributed by atoms with Crippen LogP contribution in [-0.4, -0.2) is 25.9 Å². The Balaban J connectivity index is 0.000000278. The van der Waals surface area contributed by atoms with E-state index < -0.39 is 53.2 Å². The highest BCUT2D eigenvalue weighted by atomic mass is 79.9. The van der Waals surface area contributed by atoms with Gasteiger partial charge in [-0.15, -0.1) is 0 Å². The zero-order valence-electron chi connectivity index (χ0n) is 27.2. The fourth-order valence-electron chi connectivity index (χ4n) is 4.03. The number of carbonyl (C=O) groups is 1. The summed E-state index contributed by atoms with van der Waals surface area (Å²) in [5.41, 5.74) is 3.81. The van der Waals surface area contributed by atoms with Gasteiger partial charge in [0.25, 0.3) is 0 Å². The molecule has 9 nitrogen and oxygen atoms in total. The van der Waals surface area contributed by atoms with Crippen molar-refractivity contribution < 1.29 is 54.8 Å². The second kappa shape index (κ2) is 16.9. The van der Waals surface area contributed by atoms with Crippen LogP contribution in [-0.2, 0) is 18.0 Å². The van der Waals surface area contributed by atoms with E-state index in [0.29, 0.717) is 0 Å². The van der Waals surface area contributed by atoms with Gasteiger partial charge < -0.3 is 29.4 Å². The van der Waals surface area contributed by atoms with Crippen LogP contribution in [0.4, 0.5) is 42.5 Å². The lowest BCUT2D eigenvalue weighted by Gasteiger charge is -2.20. The third-order valence-electron chi connectivity index (χ3n) is 6.37. The SMILES string of the molecule is COc1ccc(F)c(F)c1COc1cc(N)c(F)cc1C#N.COc1ccc(F)c(F)c1COc1cc(NC(=O)OC(C)(C)C)c(F)cc1Br. The normalized spacial score (nSPS) is 10.7. The maximum absolute atomic E-state index is 14.1. The minimum atomic E-state index is -1.12. The Morgan fingerprint density at radius 1 is 0.780 bits per heavy atom. The van der Waals surface area contributed by atoms with Crippen LogP contribution in [0.3, 0.4) is 0 Å². The smallest absolute Gasteiger partial charge is 0.412 e. The highest BCUT2D eigenvalue weighted by Gasteiger charge is 2.21. The predicted octanol–water partition coefficient (Wildman–Crippen LogP) is 8.95. The third-order valence-corrected chi connectivity index (χ3v) is 6.99. The molecule has 4 aromatic rings. The fraction of sp³-hybridized carbons (Fsp3) is 0.235. The lowest BCUT2D eigenvalue weighted by Crippen LogP contribution is -2.27. The molecule has 0 unspecified atom stereocenters. The lowest BCUT2D eigenvalue weighted by molar-refractivity contribution is 0.0635. The van der Waals surface area contributed by atoms with Crippen LogP contribution < -0.4 is 30.0 Å². The van der Waals surface area contributed by atoms with Crippen LogP contribution in [0.1, 0.15) is 37.5 Å². The summed E-state index contributed by atoms with van der Waals surface area (Å²) in [6.45, 7) is 4.20. The Kier molecular flexibility index (Phi) is 13.2. The first-order valence-corrected chi connectivity index (χ1v) is 15.0. The number of nitrogens with one attached hydrogen (secondary N) is 1. The van der Waals surface area contributed by atoms with Gasteiger partial charge in [0, 0.05) is 12.1 Å². The average molecular weight is 771 g/mol. The largest absolute Gasteiger partial charge is 0.496 e. The monoisotopic (exact) mass is 769 g/mol. The van der Waals surface area contributed by atoms with Gasteiger partial charge in [0.2, 0.25) is 0 Å². The number of amides is 1. The second-order valence-corrected chi connectivity index (χ2v) is 11.9. The minimum Gasteiger partial charge on any atom is -0.496 e. The molecule has 0 heterocycles. The Morgan fingerprint density at radius 3 is 1.78 bits per heavy atom. The standard InChI is InChI=1S/C19H19BrF3NO4.C15H11F3N2O2/c1-19(2,3)28-18(25)24-14-8-16(11(20)7-13(14)22)27-9-10-15(26-4)6-5-12(21)17(10)23;1-21-13-3-2-10(16)15(18)9(13)7-22-14-5-12(20)11(17)4-8(14)6-19/h5-8H,9H2,1-4H3,(H,24,25);2-5H,7,20H2,1H3. The van der Waals surface area contributed by atoms with Crippen molar-refractivity contribution in [1.82, 2.24) is 0 Å². The molecule has 16 heteroatoms. The molecule has 0 aromatic heterocycles. The third kappa shape index (κ3) is 10.1.